The smallest absolute Gasteiger partial charge is 0.242 e. The standard InChI is InChI=1S/C14H17BrN2O3S/c1-10(11-3-5-12(15)6-4-11)16-21(19,20)14-7-13(9-18)17(2)8-14/h3-8,10,16,18H,9H2,1-2H3. The van der Waals surface area contributed by atoms with E-state index in [0.717, 1.165) is 10.0 Å². The van der Waals surface area contributed by atoms with Gasteiger partial charge in [-0.3, -0.25) is 0 Å². The van der Waals surface area contributed by atoms with Gasteiger partial charge in [-0.05, 0) is 30.7 Å². The zero-order valence-corrected chi connectivity index (χ0v) is 14.1. The van der Waals surface area contributed by atoms with Crippen molar-refractivity contribution in [3.8, 4) is 0 Å². The van der Waals surface area contributed by atoms with Crippen LogP contribution >= 0.6 is 15.9 Å². The molecule has 2 aromatic rings. The summed E-state index contributed by atoms with van der Waals surface area (Å²) in [5, 5.41) is 9.14. The summed E-state index contributed by atoms with van der Waals surface area (Å²) in [4.78, 5) is 0.151. The van der Waals surface area contributed by atoms with E-state index < -0.39 is 10.0 Å². The lowest BCUT2D eigenvalue weighted by molar-refractivity contribution is 0.272. The van der Waals surface area contributed by atoms with Gasteiger partial charge in [-0.2, -0.15) is 0 Å². The number of rotatable bonds is 5. The average molecular weight is 373 g/mol. The molecule has 1 atom stereocenters. The van der Waals surface area contributed by atoms with Crippen LogP contribution in [0.1, 0.15) is 24.2 Å². The summed E-state index contributed by atoms with van der Waals surface area (Å²) in [6.45, 7) is 1.59. The first-order valence-corrected chi connectivity index (χ1v) is 8.65. The van der Waals surface area contributed by atoms with E-state index in [1.165, 1.54) is 12.3 Å². The molecule has 0 aliphatic heterocycles. The lowest BCUT2D eigenvalue weighted by atomic mass is 10.1. The molecular weight excluding hydrogens is 356 g/mol. The Balaban J connectivity index is 2.22. The Hall–Kier alpha value is -1.15. The number of nitrogens with zero attached hydrogens (tertiary/aromatic N) is 1. The van der Waals surface area contributed by atoms with Gasteiger partial charge in [-0.1, -0.05) is 28.1 Å². The third-order valence-corrected chi connectivity index (χ3v) is 5.29. The normalized spacial score (nSPS) is 13.3. The van der Waals surface area contributed by atoms with Gasteiger partial charge in [-0.25, -0.2) is 13.1 Å². The van der Waals surface area contributed by atoms with Crippen LogP contribution < -0.4 is 4.72 Å². The van der Waals surface area contributed by atoms with Crippen LogP contribution in [0, 0.1) is 0 Å². The molecule has 7 heteroatoms. The molecule has 0 spiro atoms. The van der Waals surface area contributed by atoms with E-state index in [1.54, 1.807) is 18.5 Å². The minimum atomic E-state index is -3.62. The maximum absolute atomic E-state index is 12.3. The maximum Gasteiger partial charge on any atom is 0.242 e. The Labute approximate surface area is 132 Å². The fourth-order valence-corrected chi connectivity index (χ4v) is 3.59. The molecule has 0 saturated heterocycles. The number of halogens is 1. The summed E-state index contributed by atoms with van der Waals surface area (Å²) in [6.07, 6.45) is 1.49. The number of hydrogen-bond donors (Lipinski definition) is 2. The summed E-state index contributed by atoms with van der Waals surface area (Å²) in [5.74, 6) is 0. The van der Waals surface area contributed by atoms with Crippen LogP contribution in [-0.4, -0.2) is 18.1 Å². The van der Waals surface area contributed by atoms with Gasteiger partial charge in [0.05, 0.1) is 11.5 Å². The summed E-state index contributed by atoms with van der Waals surface area (Å²) in [7, 11) is -1.93. The molecule has 114 valence electrons. The van der Waals surface area contributed by atoms with Crippen molar-refractivity contribution in [3.63, 3.8) is 0 Å². The van der Waals surface area contributed by atoms with Gasteiger partial charge in [0.25, 0.3) is 0 Å². The first-order chi connectivity index (χ1) is 9.83. The van der Waals surface area contributed by atoms with Gasteiger partial charge in [0, 0.05) is 29.5 Å². The highest BCUT2D eigenvalue weighted by molar-refractivity contribution is 9.10. The molecule has 5 nitrogen and oxygen atoms in total. The van der Waals surface area contributed by atoms with E-state index in [2.05, 4.69) is 20.7 Å². The number of benzene rings is 1. The van der Waals surface area contributed by atoms with Crippen molar-refractivity contribution in [1.82, 2.24) is 9.29 Å². The Kier molecular flexibility index (Phi) is 4.88. The van der Waals surface area contributed by atoms with Crippen LogP contribution in [0.15, 0.2) is 45.9 Å². The summed E-state index contributed by atoms with van der Waals surface area (Å²) in [5.41, 5.74) is 1.42. The molecule has 2 N–H and O–H groups in total. The second-order valence-electron chi connectivity index (χ2n) is 4.83. The number of aliphatic hydroxyl groups excluding tert-OH is 1. The van der Waals surface area contributed by atoms with Gasteiger partial charge in [-0.15, -0.1) is 0 Å². The third-order valence-electron chi connectivity index (χ3n) is 3.26. The molecular formula is C14H17BrN2O3S. The van der Waals surface area contributed by atoms with E-state index in [0.29, 0.717) is 5.69 Å². The molecule has 0 bridgehead atoms. The Morgan fingerprint density at radius 1 is 1.33 bits per heavy atom. The molecule has 21 heavy (non-hydrogen) atoms. The summed E-state index contributed by atoms with van der Waals surface area (Å²) < 4.78 is 29.9. The molecule has 0 radical (unpaired) electrons. The number of nitrogens with one attached hydrogen (secondary N) is 1. The monoisotopic (exact) mass is 372 g/mol. The number of aryl methyl sites for hydroxylation is 1. The quantitative estimate of drug-likeness (QED) is 0.845. The van der Waals surface area contributed by atoms with Crippen molar-refractivity contribution in [2.75, 3.05) is 0 Å². The van der Waals surface area contributed by atoms with Crippen LogP contribution in [0.4, 0.5) is 0 Å². The van der Waals surface area contributed by atoms with Gasteiger partial charge < -0.3 is 9.67 Å². The highest BCUT2D eigenvalue weighted by Crippen LogP contribution is 2.20. The second-order valence-corrected chi connectivity index (χ2v) is 7.46. The molecule has 2 rings (SSSR count). The van der Waals surface area contributed by atoms with Crippen molar-refractivity contribution >= 4 is 26.0 Å². The first kappa shape index (κ1) is 16.2. The van der Waals surface area contributed by atoms with Crippen LogP contribution in [-0.2, 0) is 23.7 Å². The van der Waals surface area contributed by atoms with E-state index in [1.807, 2.05) is 24.3 Å². The predicted molar refractivity (Wildman–Crippen MR) is 84.2 cm³/mol. The molecule has 1 aromatic carbocycles. The molecule has 0 fully saturated rings. The average Bonchev–Trinajstić information content (AvgIpc) is 2.81. The highest BCUT2D eigenvalue weighted by Gasteiger charge is 2.20. The van der Waals surface area contributed by atoms with Crippen molar-refractivity contribution < 1.29 is 13.5 Å². The van der Waals surface area contributed by atoms with Crippen molar-refractivity contribution in [2.24, 2.45) is 7.05 Å². The Morgan fingerprint density at radius 2 is 1.95 bits per heavy atom. The topological polar surface area (TPSA) is 71.3 Å². The molecule has 0 aliphatic rings. The van der Waals surface area contributed by atoms with Gasteiger partial charge in [0.2, 0.25) is 10.0 Å². The fourth-order valence-electron chi connectivity index (χ4n) is 2.00. The fraction of sp³-hybridized carbons (Fsp3) is 0.286. The van der Waals surface area contributed by atoms with Gasteiger partial charge >= 0.3 is 0 Å². The summed E-state index contributed by atoms with van der Waals surface area (Å²) >= 11 is 3.35. The number of hydrogen-bond acceptors (Lipinski definition) is 3. The van der Waals surface area contributed by atoms with E-state index in [-0.39, 0.29) is 17.5 Å². The summed E-state index contributed by atoms with van der Waals surface area (Å²) in [6, 6.07) is 8.58. The van der Waals surface area contributed by atoms with Crippen LogP contribution in [0.5, 0.6) is 0 Å². The molecule has 0 aliphatic carbocycles. The number of sulfonamides is 1. The van der Waals surface area contributed by atoms with E-state index in [9.17, 15) is 8.42 Å². The molecule has 0 amide bonds. The number of aliphatic hydroxyl groups is 1. The molecule has 1 aromatic heterocycles. The minimum Gasteiger partial charge on any atom is -0.390 e. The highest BCUT2D eigenvalue weighted by atomic mass is 79.9. The van der Waals surface area contributed by atoms with Gasteiger partial charge in [0.15, 0.2) is 0 Å². The van der Waals surface area contributed by atoms with Crippen LogP contribution in [0.3, 0.4) is 0 Å². The largest absolute Gasteiger partial charge is 0.390 e. The lowest BCUT2D eigenvalue weighted by Crippen LogP contribution is -2.26. The zero-order valence-electron chi connectivity index (χ0n) is 11.7. The Bertz CT molecular complexity index is 723. The predicted octanol–water partition coefficient (Wildman–Crippen LogP) is 2.32. The molecule has 0 saturated carbocycles. The van der Waals surface area contributed by atoms with Crippen LogP contribution in [0.2, 0.25) is 0 Å². The molecule has 1 unspecified atom stereocenters. The zero-order chi connectivity index (χ0) is 15.6. The molecule has 1 heterocycles. The van der Waals surface area contributed by atoms with E-state index >= 15 is 0 Å². The van der Waals surface area contributed by atoms with Crippen molar-refractivity contribution in [3.05, 3.63) is 52.3 Å². The Morgan fingerprint density at radius 3 is 2.48 bits per heavy atom. The number of aromatic nitrogens is 1. The van der Waals surface area contributed by atoms with Crippen molar-refractivity contribution in [1.29, 1.82) is 0 Å². The minimum absolute atomic E-state index is 0.151. The second kappa shape index (κ2) is 6.31. The van der Waals surface area contributed by atoms with Crippen LogP contribution in [0.25, 0.3) is 0 Å². The van der Waals surface area contributed by atoms with Crippen molar-refractivity contribution in [2.45, 2.75) is 24.5 Å². The third kappa shape index (κ3) is 3.74. The lowest BCUT2D eigenvalue weighted by Gasteiger charge is -2.14. The first-order valence-electron chi connectivity index (χ1n) is 6.37. The van der Waals surface area contributed by atoms with Gasteiger partial charge in [0.1, 0.15) is 0 Å². The maximum atomic E-state index is 12.3. The van der Waals surface area contributed by atoms with E-state index in [4.69, 9.17) is 5.11 Å². The SMILES string of the molecule is CC(NS(=O)(=O)c1cc(CO)n(C)c1)c1ccc(Br)cc1.